The van der Waals surface area contributed by atoms with Gasteiger partial charge in [0.1, 0.15) is 28.5 Å². The molecule has 1 spiro atoms. The molecule has 1 aromatic carbocycles. The van der Waals surface area contributed by atoms with Crippen molar-refractivity contribution in [3.05, 3.63) is 53.4 Å². The number of thiophene rings is 1. The summed E-state index contributed by atoms with van der Waals surface area (Å²) >= 11 is 1.28. The van der Waals surface area contributed by atoms with Crippen LogP contribution in [-0.4, -0.2) is 60.7 Å². The minimum absolute atomic E-state index is 0.0281. The number of methoxy groups -OCH3 is 1. The third kappa shape index (κ3) is 4.75. The number of hydrogen-bond acceptors (Lipinski definition) is 9. The molecule has 1 amide bonds. The standard InChI is InChI=1S/C30H32N2O8S/c1-17-23-25(33)30(10-7-18(15-30)28(34)35)29(36)32(27(23)41-24(17)26-31-11-14-39-26)16-22(40-19-8-12-38-13-9-19)20-5-3-4-6-21(20)37-2/h3-6,11,14,18-19,22H,7-10,12-13,15-16H2,1-2H3,(H,34,35). The van der Waals surface area contributed by atoms with Crippen molar-refractivity contribution in [1.29, 1.82) is 0 Å². The zero-order chi connectivity index (χ0) is 28.7. The number of rotatable bonds is 8. The Morgan fingerprint density at radius 1 is 1.24 bits per heavy atom. The molecule has 3 aromatic rings. The maximum atomic E-state index is 14.5. The summed E-state index contributed by atoms with van der Waals surface area (Å²) in [4.78, 5) is 47.2. The van der Waals surface area contributed by atoms with Gasteiger partial charge in [-0.25, -0.2) is 4.98 Å². The number of Topliss-reactive ketones (excluding diaryl/α,β-unsaturated/α-hetero) is 1. The van der Waals surface area contributed by atoms with E-state index < -0.39 is 23.4 Å². The number of carboxylic acids is 1. The second-order valence-electron chi connectivity index (χ2n) is 10.9. The highest BCUT2D eigenvalue weighted by atomic mass is 32.1. The Hall–Kier alpha value is -3.54. The molecule has 41 heavy (non-hydrogen) atoms. The predicted octanol–water partition coefficient (Wildman–Crippen LogP) is 5.06. The maximum absolute atomic E-state index is 14.5. The Morgan fingerprint density at radius 2 is 2.02 bits per heavy atom. The summed E-state index contributed by atoms with van der Waals surface area (Å²) in [5.41, 5.74) is 0.448. The molecule has 3 unspecified atom stereocenters. The summed E-state index contributed by atoms with van der Waals surface area (Å²) in [5.74, 6) is -1.45. The SMILES string of the molecule is COc1ccccc1C(CN1C(=O)C2(CCC(C(=O)O)C2)C(=O)c2c1sc(-c1ncco1)c2C)OC1CCOCC1. The maximum Gasteiger partial charge on any atom is 0.306 e. The molecule has 0 radical (unpaired) electrons. The molecule has 6 rings (SSSR count). The van der Waals surface area contributed by atoms with Crippen LogP contribution in [0.2, 0.25) is 0 Å². The van der Waals surface area contributed by atoms with Crippen LogP contribution in [-0.2, 0) is 19.1 Å². The van der Waals surface area contributed by atoms with E-state index in [2.05, 4.69) is 4.98 Å². The Bertz CT molecular complexity index is 1460. The molecule has 10 nitrogen and oxygen atoms in total. The first kappa shape index (κ1) is 27.6. The second kappa shape index (κ2) is 11.0. The zero-order valence-corrected chi connectivity index (χ0v) is 23.8. The van der Waals surface area contributed by atoms with E-state index in [4.69, 9.17) is 18.6 Å². The number of fused-ring (bicyclic) bond motifs is 1. The molecule has 1 N–H and O–H groups in total. The number of ketones is 1. The lowest BCUT2D eigenvalue weighted by Crippen LogP contribution is -2.53. The predicted molar refractivity (Wildman–Crippen MR) is 149 cm³/mol. The molecule has 1 saturated heterocycles. The number of amides is 1. The van der Waals surface area contributed by atoms with Gasteiger partial charge in [-0.1, -0.05) is 18.2 Å². The van der Waals surface area contributed by atoms with Crippen molar-refractivity contribution in [3.63, 3.8) is 0 Å². The van der Waals surface area contributed by atoms with Crippen molar-refractivity contribution in [1.82, 2.24) is 4.98 Å². The average molecular weight is 581 g/mol. The summed E-state index contributed by atoms with van der Waals surface area (Å²) in [6.45, 7) is 3.14. The Balaban J connectivity index is 1.46. The molecule has 2 aliphatic heterocycles. The number of aliphatic carboxylic acids is 1. The van der Waals surface area contributed by atoms with E-state index in [1.54, 1.807) is 12.0 Å². The van der Waals surface area contributed by atoms with Gasteiger partial charge in [0, 0.05) is 18.8 Å². The largest absolute Gasteiger partial charge is 0.496 e. The van der Waals surface area contributed by atoms with Gasteiger partial charge in [-0.05, 0) is 50.7 Å². The lowest BCUT2D eigenvalue weighted by atomic mass is 9.74. The molecule has 1 saturated carbocycles. The number of hydrogen-bond donors (Lipinski definition) is 1. The fourth-order valence-corrected chi connectivity index (χ4v) is 7.61. The highest BCUT2D eigenvalue weighted by molar-refractivity contribution is 7.20. The zero-order valence-electron chi connectivity index (χ0n) is 23.0. The van der Waals surface area contributed by atoms with Crippen LogP contribution < -0.4 is 9.64 Å². The number of carbonyl (C=O) groups is 3. The minimum atomic E-state index is -1.44. The van der Waals surface area contributed by atoms with Gasteiger partial charge in [-0.3, -0.25) is 19.3 Å². The van der Waals surface area contributed by atoms with Crippen molar-refractivity contribution in [2.24, 2.45) is 11.3 Å². The third-order valence-electron chi connectivity index (χ3n) is 8.54. The Morgan fingerprint density at radius 3 is 2.71 bits per heavy atom. The number of nitrogens with zero attached hydrogens (tertiary/aromatic N) is 2. The molecule has 1 aliphatic carbocycles. The topological polar surface area (TPSA) is 128 Å². The van der Waals surface area contributed by atoms with Crippen molar-refractivity contribution in [3.8, 4) is 16.5 Å². The summed E-state index contributed by atoms with van der Waals surface area (Å²) in [7, 11) is 1.60. The highest BCUT2D eigenvalue weighted by Gasteiger charge is 2.59. The molecular formula is C30H32N2O8S. The molecule has 2 fully saturated rings. The van der Waals surface area contributed by atoms with Crippen molar-refractivity contribution < 1.29 is 38.1 Å². The van der Waals surface area contributed by atoms with Crippen LogP contribution in [0.25, 0.3) is 10.8 Å². The molecule has 11 heteroatoms. The molecule has 3 atom stereocenters. The van der Waals surface area contributed by atoms with Crippen LogP contribution in [0, 0.1) is 18.3 Å². The average Bonchev–Trinajstić information content (AvgIpc) is 3.74. The lowest BCUT2D eigenvalue weighted by Gasteiger charge is -2.40. The van der Waals surface area contributed by atoms with Gasteiger partial charge in [0.2, 0.25) is 11.8 Å². The number of anilines is 1. The van der Waals surface area contributed by atoms with Crippen LogP contribution in [0.1, 0.15) is 59.7 Å². The Labute approximate surface area is 241 Å². The first-order valence-corrected chi connectivity index (χ1v) is 14.6. The molecule has 216 valence electrons. The summed E-state index contributed by atoms with van der Waals surface area (Å²) in [6.07, 6.45) is 4.22. The van der Waals surface area contributed by atoms with Crippen LogP contribution in [0.3, 0.4) is 0 Å². The number of para-hydroxylation sites is 1. The van der Waals surface area contributed by atoms with E-state index in [-0.39, 0.29) is 43.6 Å². The van der Waals surface area contributed by atoms with Crippen molar-refractivity contribution in [2.75, 3.05) is 31.8 Å². The van der Waals surface area contributed by atoms with Gasteiger partial charge >= 0.3 is 5.97 Å². The lowest BCUT2D eigenvalue weighted by molar-refractivity contribution is -0.141. The number of benzene rings is 1. The fraction of sp³-hybridized carbons (Fsp3) is 0.467. The summed E-state index contributed by atoms with van der Waals surface area (Å²) < 4.78 is 23.5. The molecule has 0 bridgehead atoms. The highest BCUT2D eigenvalue weighted by Crippen LogP contribution is 2.55. The monoisotopic (exact) mass is 580 g/mol. The number of carboxylic acid groups (broad SMARTS) is 1. The van der Waals surface area contributed by atoms with Gasteiger partial charge < -0.3 is 23.7 Å². The van der Waals surface area contributed by atoms with Gasteiger partial charge in [0.15, 0.2) is 5.78 Å². The Kier molecular flexibility index (Phi) is 7.43. The van der Waals surface area contributed by atoms with Gasteiger partial charge in [0.25, 0.3) is 0 Å². The normalized spacial score (nSPS) is 23.7. The van der Waals surface area contributed by atoms with E-state index >= 15 is 0 Å². The molecule has 2 aromatic heterocycles. The number of aromatic nitrogens is 1. The van der Waals surface area contributed by atoms with Crippen LogP contribution in [0.15, 0.2) is 41.1 Å². The van der Waals surface area contributed by atoms with E-state index in [1.165, 1.54) is 23.8 Å². The smallest absolute Gasteiger partial charge is 0.306 e. The van der Waals surface area contributed by atoms with Crippen LogP contribution in [0.5, 0.6) is 5.75 Å². The van der Waals surface area contributed by atoms with Crippen LogP contribution in [0.4, 0.5) is 5.00 Å². The first-order valence-electron chi connectivity index (χ1n) is 13.8. The van der Waals surface area contributed by atoms with Gasteiger partial charge in [-0.2, -0.15) is 0 Å². The second-order valence-corrected chi connectivity index (χ2v) is 11.9. The van der Waals surface area contributed by atoms with E-state index in [1.807, 2.05) is 31.2 Å². The minimum Gasteiger partial charge on any atom is -0.496 e. The summed E-state index contributed by atoms with van der Waals surface area (Å²) in [6, 6.07) is 7.56. The van der Waals surface area contributed by atoms with E-state index in [0.717, 1.165) is 18.4 Å². The number of carbonyl (C=O) groups excluding carboxylic acids is 2. The molecule has 4 heterocycles. The quantitative estimate of drug-likeness (QED) is 0.364. The van der Waals surface area contributed by atoms with Gasteiger partial charge in [-0.15, -0.1) is 11.3 Å². The molecule has 3 aliphatic rings. The number of oxazole rings is 1. The van der Waals surface area contributed by atoms with E-state index in [0.29, 0.717) is 45.9 Å². The van der Waals surface area contributed by atoms with E-state index in [9.17, 15) is 19.5 Å². The fourth-order valence-electron chi connectivity index (χ4n) is 6.36. The van der Waals surface area contributed by atoms with Gasteiger partial charge in [0.05, 0.1) is 42.3 Å². The number of ether oxygens (including phenoxy) is 3. The van der Waals surface area contributed by atoms with Crippen LogP contribution >= 0.6 is 11.3 Å². The van der Waals surface area contributed by atoms with Crippen molar-refractivity contribution >= 4 is 34.0 Å². The molecular weight excluding hydrogens is 548 g/mol. The third-order valence-corrected chi connectivity index (χ3v) is 9.84. The summed E-state index contributed by atoms with van der Waals surface area (Å²) in [5, 5.41) is 10.3. The first-order chi connectivity index (χ1) is 19.8. The van der Waals surface area contributed by atoms with Crippen molar-refractivity contribution in [2.45, 2.75) is 51.2 Å².